The van der Waals surface area contributed by atoms with Crippen LogP contribution in [-0.4, -0.2) is 16.0 Å². The molecule has 1 fully saturated rings. The Morgan fingerprint density at radius 3 is 2.55 bits per heavy atom. The van der Waals surface area contributed by atoms with Gasteiger partial charge >= 0.3 is 0 Å². The van der Waals surface area contributed by atoms with Crippen LogP contribution < -0.4 is 11.1 Å². The SMILES string of the molecule is CCC1CCC(Nc2nc(C(C)C)nc(N)c2C)C1C. The molecule has 3 atom stereocenters. The van der Waals surface area contributed by atoms with Crippen molar-refractivity contribution in [3.05, 3.63) is 11.4 Å². The third-order valence-electron chi connectivity index (χ3n) is 4.79. The maximum absolute atomic E-state index is 6.03. The van der Waals surface area contributed by atoms with Crippen LogP contribution in [0.3, 0.4) is 0 Å². The first kappa shape index (κ1) is 15.1. The van der Waals surface area contributed by atoms with Gasteiger partial charge in [-0.2, -0.15) is 0 Å². The summed E-state index contributed by atoms with van der Waals surface area (Å²) in [5.41, 5.74) is 7.00. The molecule has 1 aromatic heterocycles. The number of hydrogen-bond acceptors (Lipinski definition) is 4. The quantitative estimate of drug-likeness (QED) is 0.879. The van der Waals surface area contributed by atoms with E-state index in [1.807, 2.05) is 6.92 Å². The Balaban J connectivity index is 2.21. The highest BCUT2D eigenvalue weighted by molar-refractivity contribution is 5.55. The van der Waals surface area contributed by atoms with Gasteiger partial charge in [0.1, 0.15) is 17.5 Å². The van der Waals surface area contributed by atoms with Gasteiger partial charge in [0.2, 0.25) is 0 Å². The van der Waals surface area contributed by atoms with Crippen molar-refractivity contribution in [1.82, 2.24) is 9.97 Å². The largest absolute Gasteiger partial charge is 0.383 e. The van der Waals surface area contributed by atoms with Crippen molar-refractivity contribution in [2.24, 2.45) is 11.8 Å². The van der Waals surface area contributed by atoms with E-state index in [0.717, 1.165) is 23.1 Å². The van der Waals surface area contributed by atoms with E-state index < -0.39 is 0 Å². The van der Waals surface area contributed by atoms with Gasteiger partial charge in [-0.1, -0.05) is 34.1 Å². The molecule has 1 aliphatic carbocycles. The predicted molar refractivity (Wildman–Crippen MR) is 84.9 cm³/mol. The second-order valence-corrected chi connectivity index (χ2v) is 6.45. The Labute approximate surface area is 122 Å². The molecule has 3 N–H and O–H groups in total. The summed E-state index contributed by atoms with van der Waals surface area (Å²) in [6.45, 7) is 10.8. The maximum Gasteiger partial charge on any atom is 0.135 e. The van der Waals surface area contributed by atoms with Gasteiger partial charge < -0.3 is 11.1 Å². The Kier molecular flexibility index (Phi) is 4.51. The summed E-state index contributed by atoms with van der Waals surface area (Å²) in [7, 11) is 0. The molecule has 0 aromatic carbocycles. The fourth-order valence-corrected chi connectivity index (χ4v) is 3.15. The Bertz CT molecular complexity index is 470. The van der Waals surface area contributed by atoms with Crippen LogP contribution in [0, 0.1) is 18.8 Å². The molecule has 2 rings (SSSR count). The fraction of sp³-hybridized carbons (Fsp3) is 0.750. The molecule has 4 nitrogen and oxygen atoms in total. The molecule has 3 unspecified atom stereocenters. The van der Waals surface area contributed by atoms with Crippen molar-refractivity contribution in [3.63, 3.8) is 0 Å². The first-order chi connectivity index (χ1) is 9.43. The number of hydrogen-bond donors (Lipinski definition) is 2. The molecule has 0 radical (unpaired) electrons. The molecule has 1 aromatic rings. The van der Waals surface area contributed by atoms with E-state index in [1.54, 1.807) is 0 Å². The first-order valence-corrected chi connectivity index (χ1v) is 7.84. The minimum Gasteiger partial charge on any atom is -0.383 e. The lowest BCUT2D eigenvalue weighted by atomic mass is 9.93. The normalized spacial score (nSPS) is 26.2. The van der Waals surface area contributed by atoms with Crippen molar-refractivity contribution >= 4 is 11.6 Å². The molecule has 1 aliphatic rings. The van der Waals surface area contributed by atoms with Crippen LogP contribution >= 0.6 is 0 Å². The minimum absolute atomic E-state index is 0.294. The smallest absolute Gasteiger partial charge is 0.135 e. The molecule has 0 aliphatic heterocycles. The summed E-state index contributed by atoms with van der Waals surface area (Å²) in [5.74, 6) is 4.17. The van der Waals surface area contributed by atoms with Crippen molar-refractivity contribution < 1.29 is 0 Å². The zero-order valence-electron chi connectivity index (χ0n) is 13.4. The summed E-state index contributed by atoms with van der Waals surface area (Å²) in [5, 5.41) is 3.63. The Morgan fingerprint density at radius 1 is 1.30 bits per heavy atom. The van der Waals surface area contributed by atoms with Crippen LogP contribution in [0.2, 0.25) is 0 Å². The second kappa shape index (κ2) is 5.98. The second-order valence-electron chi connectivity index (χ2n) is 6.45. The van der Waals surface area contributed by atoms with Crippen LogP contribution in [-0.2, 0) is 0 Å². The molecule has 0 amide bonds. The highest BCUT2D eigenvalue weighted by atomic mass is 15.1. The zero-order valence-corrected chi connectivity index (χ0v) is 13.4. The van der Waals surface area contributed by atoms with Gasteiger partial charge in [-0.3, -0.25) is 0 Å². The van der Waals surface area contributed by atoms with Crippen LogP contribution in [0.5, 0.6) is 0 Å². The molecule has 1 saturated carbocycles. The van der Waals surface area contributed by atoms with Crippen LogP contribution in [0.15, 0.2) is 0 Å². The highest BCUT2D eigenvalue weighted by Gasteiger charge is 2.32. The number of nitrogen functional groups attached to an aromatic ring is 1. The lowest BCUT2D eigenvalue weighted by Crippen LogP contribution is -2.26. The van der Waals surface area contributed by atoms with E-state index in [1.165, 1.54) is 19.3 Å². The van der Waals surface area contributed by atoms with Gasteiger partial charge in [-0.15, -0.1) is 0 Å². The Hall–Kier alpha value is -1.32. The van der Waals surface area contributed by atoms with Crippen molar-refractivity contribution in [1.29, 1.82) is 0 Å². The topological polar surface area (TPSA) is 63.8 Å². The number of nitrogens with zero attached hydrogens (tertiary/aromatic N) is 2. The van der Waals surface area contributed by atoms with Gasteiger partial charge in [-0.25, -0.2) is 9.97 Å². The summed E-state index contributed by atoms with van der Waals surface area (Å²) in [4.78, 5) is 9.06. The summed E-state index contributed by atoms with van der Waals surface area (Å²) in [6, 6.07) is 0.507. The van der Waals surface area contributed by atoms with E-state index in [4.69, 9.17) is 5.73 Å². The third-order valence-corrected chi connectivity index (χ3v) is 4.79. The number of anilines is 2. The number of aromatic nitrogens is 2. The summed E-state index contributed by atoms with van der Waals surface area (Å²) < 4.78 is 0. The molecule has 112 valence electrons. The van der Waals surface area contributed by atoms with Crippen LogP contribution in [0.1, 0.15) is 64.3 Å². The van der Waals surface area contributed by atoms with Gasteiger partial charge in [0.25, 0.3) is 0 Å². The van der Waals surface area contributed by atoms with Crippen LogP contribution in [0.25, 0.3) is 0 Å². The zero-order chi connectivity index (χ0) is 14.9. The van der Waals surface area contributed by atoms with Gasteiger partial charge in [0, 0.05) is 17.5 Å². The molecule has 0 spiro atoms. The lowest BCUT2D eigenvalue weighted by Gasteiger charge is -2.23. The lowest BCUT2D eigenvalue weighted by molar-refractivity contribution is 0.391. The van der Waals surface area contributed by atoms with Gasteiger partial charge in [0.05, 0.1) is 0 Å². The molecular formula is C16H28N4. The van der Waals surface area contributed by atoms with E-state index in [2.05, 4.69) is 43.0 Å². The minimum atomic E-state index is 0.294. The van der Waals surface area contributed by atoms with E-state index >= 15 is 0 Å². The molecule has 0 saturated heterocycles. The summed E-state index contributed by atoms with van der Waals surface area (Å²) in [6.07, 6.45) is 3.80. The average molecular weight is 276 g/mol. The monoisotopic (exact) mass is 276 g/mol. The maximum atomic E-state index is 6.03. The molecule has 4 heteroatoms. The average Bonchev–Trinajstić information content (AvgIpc) is 2.75. The van der Waals surface area contributed by atoms with Gasteiger partial charge in [-0.05, 0) is 31.6 Å². The van der Waals surface area contributed by atoms with E-state index in [9.17, 15) is 0 Å². The van der Waals surface area contributed by atoms with E-state index in [0.29, 0.717) is 23.7 Å². The predicted octanol–water partition coefficient (Wildman–Crippen LogP) is 3.73. The highest BCUT2D eigenvalue weighted by Crippen LogP contribution is 2.36. The Morgan fingerprint density at radius 2 is 2.00 bits per heavy atom. The number of nitrogens with one attached hydrogen (secondary N) is 1. The molecule has 0 bridgehead atoms. The van der Waals surface area contributed by atoms with Crippen molar-refractivity contribution in [3.8, 4) is 0 Å². The summed E-state index contributed by atoms with van der Waals surface area (Å²) >= 11 is 0. The number of nitrogens with two attached hydrogens (primary N) is 1. The fourth-order valence-electron chi connectivity index (χ4n) is 3.15. The standard InChI is InChI=1S/C16H28N4/c1-6-12-7-8-13(10(12)4)18-16-11(5)14(17)19-15(20-16)9(2)3/h9-10,12-13H,6-8H2,1-5H3,(H3,17,18,19,20). The molecule has 20 heavy (non-hydrogen) atoms. The molecular weight excluding hydrogens is 248 g/mol. The van der Waals surface area contributed by atoms with Crippen molar-refractivity contribution in [2.45, 2.75) is 65.8 Å². The van der Waals surface area contributed by atoms with Gasteiger partial charge in [0.15, 0.2) is 0 Å². The van der Waals surface area contributed by atoms with Crippen LogP contribution in [0.4, 0.5) is 11.6 Å². The third kappa shape index (κ3) is 2.89. The molecule has 1 heterocycles. The van der Waals surface area contributed by atoms with E-state index in [-0.39, 0.29) is 0 Å². The number of rotatable bonds is 4. The van der Waals surface area contributed by atoms with Crippen molar-refractivity contribution in [2.75, 3.05) is 11.1 Å². The first-order valence-electron chi connectivity index (χ1n) is 7.84.